The molecular weight excluding hydrogens is 344 g/mol. The van der Waals surface area contributed by atoms with Gasteiger partial charge in [0.1, 0.15) is 17.4 Å². The predicted octanol–water partition coefficient (Wildman–Crippen LogP) is 5.12. The number of carbonyl (C=O) groups is 1. The van der Waals surface area contributed by atoms with Crippen molar-refractivity contribution in [2.75, 3.05) is 0 Å². The fourth-order valence-corrected chi connectivity index (χ4v) is 3.31. The van der Waals surface area contributed by atoms with Gasteiger partial charge in [0.05, 0.1) is 12.2 Å². The molecule has 2 rings (SSSR count). The van der Waals surface area contributed by atoms with Crippen LogP contribution in [0.5, 0.6) is 5.75 Å². The third-order valence-electron chi connectivity index (χ3n) is 4.67. The maximum atomic E-state index is 12.5. The van der Waals surface area contributed by atoms with Crippen molar-refractivity contribution in [1.29, 1.82) is 0 Å². The van der Waals surface area contributed by atoms with E-state index >= 15 is 0 Å². The van der Waals surface area contributed by atoms with Gasteiger partial charge >= 0.3 is 0 Å². The van der Waals surface area contributed by atoms with Crippen LogP contribution in [-0.4, -0.2) is 21.8 Å². The largest absolute Gasteiger partial charge is 0.486 e. The number of amides is 1. The van der Waals surface area contributed by atoms with Gasteiger partial charge in [-0.1, -0.05) is 26.8 Å². The van der Waals surface area contributed by atoms with E-state index in [0.717, 1.165) is 22.9 Å². The van der Waals surface area contributed by atoms with Crippen molar-refractivity contribution >= 4 is 17.2 Å². The lowest BCUT2D eigenvalue weighted by Gasteiger charge is -2.29. The second-order valence-electron chi connectivity index (χ2n) is 7.15. The number of aryl methyl sites for hydroxylation is 2. The van der Waals surface area contributed by atoms with Gasteiger partial charge in [0, 0.05) is 17.3 Å². The summed E-state index contributed by atoms with van der Waals surface area (Å²) >= 11 is 1.58. The molecule has 2 aromatic rings. The van der Waals surface area contributed by atoms with E-state index in [1.165, 1.54) is 11.1 Å². The summed E-state index contributed by atoms with van der Waals surface area (Å²) < 4.78 is 5.87. The Morgan fingerprint density at radius 3 is 2.58 bits per heavy atom. The SMILES string of the molecule is CCC(C)N(Cc1csc(COc2ccc(C)c(C)c2)n1)C(=O)C(C)C. The van der Waals surface area contributed by atoms with Crippen LogP contribution in [0.1, 0.15) is 55.9 Å². The van der Waals surface area contributed by atoms with Crippen LogP contribution in [0, 0.1) is 19.8 Å². The number of carbonyl (C=O) groups excluding carboxylic acids is 1. The Hall–Kier alpha value is -1.88. The predicted molar refractivity (Wildman–Crippen MR) is 108 cm³/mol. The molecule has 4 nitrogen and oxygen atoms in total. The van der Waals surface area contributed by atoms with E-state index in [4.69, 9.17) is 4.74 Å². The van der Waals surface area contributed by atoms with Crippen molar-refractivity contribution in [2.24, 2.45) is 5.92 Å². The molecule has 0 aliphatic rings. The second kappa shape index (κ2) is 9.17. The van der Waals surface area contributed by atoms with Gasteiger partial charge in [-0.3, -0.25) is 4.79 Å². The minimum Gasteiger partial charge on any atom is -0.486 e. The maximum absolute atomic E-state index is 12.5. The van der Waals surface area contributed by atoms with Crippen molar-refractivity contribution in [3.63, 3.8) is 0 Å². The minimum absolute atomic E-state index is 0.00443. The molecule has 0 saturated heterocycles. The highest BCUT2D eigenvalue weighted by Gasteiger charge is 2.22. The van der Waals surface area contributed by atoms with Gasteiger partial charge in [-0.15, -0.1) is 11.3 Å². The quantitative estimate of drug-likeness (QED) is 0.644. The lowest BCUT2D eigenvalue weighted by molar-refractivity contribution is -0.137. The number of rotatable bonds is 8. The molecule has 0 spiro atoms. The lowest BCUT2D eigenvalue weighted by atomic mass is 10.1. The van der Waals surface area contributed by atoms with Crippen molar-refractivity contribution in [2.45, 2.75) is 67.2 Å². The van der Waals surface area contributed by atoms with E-state index < -0.39 is 0 Å². The number of nitrogens with zero attached hydrogens (tertiary/aromatic N) is 2. The van der Waals surface area contributed by atoms with Crippen LogP contribution < -0.4 is 4.74 Å². The summed E-state index contributed by atoms with van der Waals surface area (Å²) in [4.78, 5) is 19.1. The molecule has 1 aromatic carbocycles. The molecular formula is C21H30N2O2S. The van der Waals surface area contributed by atoms with Crippen molar-refractivity contribution < 1.29 is 9.53 Å². The molecule has 0 N–H and O–H groups in total. The first-order chi connectivity index (χ1) is 12.3. The van der Waals surface area contributed by atoms with Crippen molar-refractivity contribution in [3.05, 3.63) is 45.4 Å². The highest BCUT2D eigenvalue weighted by molar-refractivity contribution is 7.09. The first-order valence-electron chi connectivity index (χ1n) is 9.25. The van der Waals surface area contributed by atoms with Crippen LogP contribution in [0.2, 0.25) is 0 Å². The van der Waals surface area contributed by atoms with Crippen molar-refractivity contribution in [3.8, 4) is 5.75 Å². The molecule has 0 radical (unpaired) electrons. The van der Waals surface area contributed by atoms with Crippen molar-refractivity contribution in [1.82, 2.24) is 9.88 Å². The van der Waals surface area contributed by atoms with Gasteiger partial charge in [-0.2, -0.15) is 0 Å². The Bertz CT molecular complexity index is 739. The molecule has 1 unspecified atom stereocenters. The smallest absolute Gasteiger partial charge is 0.225 e. The fraction of sp³-hybridized carbons (Fsp3) is 0.524. The first-order valence-corrected chi connectivity index (χ1v) is 10.1. The lowest BCUT2D eigenvalue weighted by Crippen LogP contribution is -2.40. The minimum atomic E-state index is -0.00443. The Morgan fingerprint density at radius 1 is 1.23 bits per heavy atom. The average Bonchev–Trinajstić information content (AvgIpc) is 3.07. The van der Waals surface area contributed by atoms with Gasteiger partial charge in [-0.25, -0.2) is 4.98 Å². The van der Waals surface area contributed by atoms with E-state index in [1.807, 2.05) is 30.2 Å². The fourth-order valence-electron chi connectivity index (χ4n) is 2.61. The monoisotopic (exact) mass is 374 g/mol. The van der Waals surface area contributed by atoms with Gasteiger partial charge in [0.2, 0.25) is 5.91 Å². The molecule has 1 atom stereocenters. The third kappa shape index (κ3) is 5.31. The highest BCUT2D eigenvalue weighted by atomic mass is 32.1. The van der Waals surface area contributed by atoms with Crippen LogP contribution in [0.15, 0.2) is 23.6 Å². The number of benzene rings is 1. The molecule has 1 aromatic heterocycles. The molecule has 1 amide bonds. The van der Waals surface area contributed by atoms with Crippen LogP contribution in [0.25, 0.3) is 0 Å². The Morgan fingerprint density at radius 2 is 1.96 bits per heavy atom. The van der Waals surface area contributed by atoms with Crippen LogP contribution in [0.3, 0.4) is 0 Å². The van der Waals surface area contributed by atoms with Gasteiger partial charge < -0.3 is 9.64 Å². The molecule has 0 aliphatic carbocycles. The second-order valence-corrected chi connectivity index (χ2v) is 8.09. The Labute approximate surface area is 161 Å². The normalized spacial score (nSPS) is 12.3. The summed E-state index contributed by atoms with van der Waals surface area (Å²) in [5, 5.41) is 2.96. The number of hydrogen-bond donors (Lipinski definition) is 0. The molecule has 0 aliphatic heterocycles. The highest BCUT2D eigenvalue weighted by Crippen LogP contribution is 2.20. The maximum Gasteiger partial charge on any atom is 0.225 e. The zero-order valence-electron chi connectivity index (χ0n) is 16.7. The zero-order chi connectivity index (χ0) is 19.3. The number of hydrogen-bond acceptors (Lipinski definition) is 4. The van der Waals surface area contributed by atoms with E-state index in [0.29, 0.717) is 13.2 Å². The molecule has 1 heterocycles. The van der Waals surface area contributed by atoms with E-state index in [9.17, 15) is 4.79 Å². The summed E-state index contributed by atoms with van der Waals surface area (Å²) in [6, 6.07) is 6.32. The van der Waals surface area contributed by atoms with Crippen LogP contribution >= 0.6 is 11.3 Å². The number of aromatic nitrogens is 1. The van der Waals surface area contributed by atoms with Gasteiger partial charge in [-0.05, 0) is 50.5 Å². The third-order valence-corrected chi connectivity index (χ3v) is 5.54. The van der Waals surface area contributed by atoms with Crippen LogP contribution in [-0.2, 0) is 17.9 Å². The molecule has 0 fully saturated rings. The summed E-state index contributed by atoms with van der Waals surface area (Å²) in [7, 11) is 0. The molecule has 26 heavy (non-hydrogen) atoms. The molecule has 5 heteroatoms. The van der Waals surface area contributed by atoms with Crippen LogP contribution in [0.4, 0.5) is 0 Å². The summed E-state index contributed by atoms with van der Waals surface area (Å²) in [5.74, 6) is 1.04. The number of ether oxygens (including phenoxy) is 1. The first kappa shape index (κ1) is 20.4. The van der Waals surface area contributed by atoms with Gasteiger partial charge in [0.15, 0.2) is 0 Å². The zero-order valence-corrected chi connectivity index (χ0v) is 17.5. The van der Waals surface area contributed by atoms with Gasteiger partial charge in [0.25, 0.3) is 0 Å². The summed E-state index contributed by atoms with van der Waals surface area (Å²) in [6.07, 6.45) is 0.936. The molecule has 0 saturated carbocycles. The number of thiazole rings is 1. The Balaban J connectivity index is 2.01. The molecule has 0 bridgehead atoms. The Kier molecular flexibility index (Phi) is 7.21. The topological polar surface area (TPSA) is 42.4 Å². The standard InChI is InChI=1S/C21H30N2O2S/c1-7-17(6)23(21(24)14(2)3)11-18-13-26-20(22-18)12-25-19-9-8-15(4)16(5)10-19/h8-10,13-14,17H,7,11-12H2,1-6H3. The van der Waals surface area contributed by atoms with E-state index in [2.05, 4.69) is 44.8 Å². The average molecular weight is 375 g/mol. The van der Waals surface area contributed by atoms with E-state index in [1.54, 1.807) is 11.3 Å². The van der Waals surface area contributed by atoms with E-state index in [-0.39, 0.29) is 17.9 Å². The molecule has 142 valence electrons. The summed E-state index contributed by atoms with van der Waals surface area (Å²) in [5.41, 5.74) is 3.41. The summed E-state index contributed by atoms with van der Waals surface area (Å²) in [6.45, 7) is 13.3.